The lowest BCUT2D eigenvalue weighted by atomic mass is 9.80. The average molecular weight is 425 g/mol. The van der Waals surface area contributed by atoms with Gasteiger partial charge in [-0.3, -0.25) is 9.59 Å². The predicted molar refractivity (Wildman–Crippen MR) is 120 cm³/mol. The molecule has 160 valence electrons. The molecule has 6 nitrogen and oxygen atoms in total. The van der Waals surface area contributed by atoms with Gasteiger partial charge in [0.05, 0.1) is 11.6 Å². The van der Waals surface area contributed by atoms with Crippen LogP contribution in [0.1, 0.15) is 23.6 Å². The second-order valence-corrected chi connectivity index (χ2v) is 8.47. The maximum Gasteiger partial charge on any atom is 0.260 e. The standard InChI is InChI=1S/C26H23N3O3/c27-13-18-5-4-6-20(11-18)23-9-10-24(30)29-15-19-12-21(26(23)29)16-28(14-19)25(31)17-32-22-7-2-1-3-8-22/h1-11,19,21H,12,14-17H2/t19-,21+/m0/s1. The highest BCUT2D eigenvalue weighted by Gasteiger charge is 2.37. The van der Waals surface area contributed by atoms with Crippen molar-refractivity contribution in [1.82, 2.24) is 9.47 Å². The molecule has 2 aromatic carbocycles. The second kappa shape index (κ2) is 8.35. The number of hydrogen-bond acceptors (Lipinski definition) is 4. The molecule has 2 bridgehead atoms. The summed E-state index contributed by atoms with van der Waals surface area (Å²) in [5, 5.41) is 9.30. The van der Waals surface area contributed by atoms with Gasteiger partial charge in [0.15, 0.2) is 6.61 Å². The number of carbonyl (C=O) groups is 1. The van der Waals surface area contributed by atoms with Crippen molar-refractivity contribution < 1.29 is 9.53 Å². The van der Waals surface area contributed by atoms with Crippen LogP contribution in [-0.2, 0) is 11.3 Å². The SMILES string of the molecule is N#Cc1cccc(-c2ccc(=O)n3c2[C@@H]2C[C@@H](CN(C(=O)COc4ccccc4)C2)C3)c1. The Hall–Kier alpha value is -3.85. The Kier molecular flexibility index (Phi) is 5.24. The molecule has 5 rings (SSSR count). The third kappa shape index (κ3) is 3.78. The number of rotatable bonds is 4. The summed E-state index contributed by atoms with van der Waals surface area (Å²) in [7, 11) is 0. The van der Waals surface area contributed by atoms with Gasteiger partial charge in [0.1, 0.15) is 5.75 Å². The molecule has 3 heterocycles. The summed E-state index contributed by atoms with van der Waals surface area (Å²) < 4.78 is 7.54. The molecule has 0 radical (unpaired) electrons. The fraction of sp³-hybridized carbons (Fsp3) is 0.269. The molecule has 0 unspecified atom stereocenters. The lowest BCUT2D eigenvalue weighted by Crippen LogP contribution is -2.50. The molecule has 1 fully saturated rings. The summed E-state index contributed by atoms with van der Waals surface area (Å²) in [5.74, 6) is 0.941. The Bertz CT molecular complexity index is 1260. The number of carbonyl (C=O) groups excluding carboxylic acids is 1. The van der Waals surface area contributed by atoms with Gasteiger partial charge in [0.25, 0.3) is 11.5 Å². The number of piperidine rings is 1. The van der Waals surface area contributed by atoms with Crippen LogP contribution in [0.15, 0.2) is 71.5 Å². The van der Waals surface area contributed by atoms with Crippen molar-refractivity contribution >= 4 is 5.91 Å². The summed E-state index contributed by atoms with van der Waals surface area (Å²) in [5.41, 5.74) is 3.41. The first kappa shape index (κ1) is 20.1. The quantitative estimate of drug-likeness (QED) is 0.642. The molecule has 0 spiro atoms. The molecular weight excluding hydrogens is 402 g/mol. The van der Waals surface area contributed by atoms with Gasteiger partial charge in [0, 0.05) is 42.9 Å². The fourth-order valence-electron chi connectivity index (χ4n) is 4.97. The largest absolute Gasteiger partial charge is 0.484 e. The molecule has 1 aromatic heterocycles. The highest BCUT2D eigenvalue weighted by atomic mass is 16.5. The number of aromatic nitrogens is 1. The second-order valence-electron chi connectivity index (χ2n) is 8.47. The third-order valence-corrected chi connectivity index (χ3v) is 6.35. The first-order valence-corrected chi connectivity index (χ1v) is 10.8. The molecule has 0 N–H and O–H groups in total. The van der Waals surface area contributed by atoms with E-state index in [-0.39, 0.29) is 29.9 Å². The maximum atomic E-state index is 12.9. The zero-order valence-electron chi connectivity index (χ0n) is 17.6. The van der Waals surface area contributed by atoms with E-state index in [0.29, 0.717) is 30.9 Å². The van der Waals surface area contributed by atoms with Crippen LogP contribution < -0.4 is 10.3 Å². The number of amides is 1. The molecule has 32 heavy (non-hydrogen) atoms. The van der Waals surface area contributed by atoms with Crippen molar-refractivity contribution in [1.29, 1.82) is 5.26 Å². The minimum absolute atomic E-state index is 0.00210. The minimum Gasteiger partial charge on any atom is -0.484 e. The van der Waals surface area contributed by atoms with E-state index in [1.165, 1.54) is 0 Å². The van der Waals surface area contributed by atoms with Gasteiger partial charge in [-0.15, -0.1) is 0 Å². The highest BCUT2D eigenvalue weighted by Crippen LogP contribution is 2.40. The van der Waals surface area contributed by atoms with Crippen molar-refractivity contribution in [2.75, 3.05) is 19.7 Å². The minimum atomic E-state index is -0.0386. The molecule has 0 aliphatic carbocycles. The highest BCUT2D eigenvalue weighted by molar-refractivity contribution is 5.78. The molecule has 2 atom stereocenters. The Labute approximate surface area is 186 Å². The van der Waals surface area contributed by atoms with Crippen LogP contribution in [0.2, 0.25) is 0 Å². The van der Waals surface area contributed by atoms with Crippen LogP contribution in [-0.4, -0.2) is 35.1 Å². The van der Waals surface area contributed by atoms with Gasteiger partial charge in [-0.25, -0.2) is 0 Å². The van der Waals surface area contributed by atoms with E-state index < -0.39 is 0 Å². The van der Waals surface area contributed by atoms with Gasteiger partial charge in [0.2, 0.25) is 0 Å². The summed E-state index contributed by atoms with van der Waals surface area (Å²) >= 11 is 0. The Morgan fingerprint density at radius 3 is 2.69 bits per heavy atom. The molecule has 2 aliphatic rings. The van der Waals surface area contributed by atoms with E-state index in [0.717, 1.165) is 23.2 Å². The van der Waals surface area contributed by atoms with E-state index in [4.69, 9.17) is 4.74 Å². The molecular formula is C26H23N3O3. The topological polar surface area (TPSA) is 75.3 Å². The Morgan fingerprint density at radius 2 is 1.88 bits per heavy atom. The fourth-order valence-corrected chi connectivity index (χ4v) is 4.97. The van der Waals surface area contributed by atoms with Crippen LogP contribution in [0.3, 0.4) is 0 Å². The number of pyridine rings is 1. The van der Waals surface area contributed by atoms with Gasteiger partial charge in [-0.2, -0.15) is 5.26 Å². The molecule has 0 saturated carbocycles. The molecule has 6 heteroatoms. The van der Waals surface area contributed by atoms with E-state index in [9.17, 15) is 14.9 Å². The number of nitrogens with zero attached hydrogens (tertiary/aromatic N) is 3. The van der Waals surface area contributed by atoms with Crippen LogP contribution in [0.4, 0.5) is 0 Å². The average Bonchev–Trinajstić information content (AvgIpc) is 2.83. The summed E-state index contributed by atoms with van der Waals surface area (Å²) in [6, 6.07) is 22.4. The van der Waals surface area contributed by atoms with Crippen molar-refractivity contribution in [3.63, 3.8) is 0 Å². The van der Waals surface area contributed by atoms with Crippen molar-refractivity contribution in [2.45, 2.75) is 18.9 Å². The number of likely N-dealkylation sites (tertiary alicyclic amines) is 1. The number of hydrogen-bond donors (Lipinski definition) is 0. The zero-order chi connectivity index (χ0) is 22.1. The molecule has 2 aliphatic heterocycles. The monoisotopic (exact) mass is 425 g/mol. The van der Waals surface area contributed by atoms with E-state index in [2.05, 4.69) is 6.07 Å². The number of ether oxygens (including phenoxy) is 1. The molecule has 1 amide bonds. The van der Waals surface area contributed by atoms with Crippen molar-refractivity contribution in [3.8, 4) is 22.9 Å². The van der Waals surface area contributed by atoms with Crippen molar-refractivity contribution in [2.24, 2.45) is 5.92 Å². The number of para-hydroxylation sites is 1. The van der Waals surface area contributed by atoms with Crippen LogP contribution in [0.5, 0.6) is 5.75 Å². The Balaban J connectivity index is 1.43. The number of fused-ring (bicyclic) bond motifs is 4. The van der Waals surface area contributed by atoms with E-state index >= 15 is 0 Å². The third-order valence-electron chi connectivity index (χ3n) is 6.35. The predicted octanol–water partition coefficient (Wildman–Crippen LogP) is 3.41. The zero-order valence-corrected chi connectivity index (χ0v) is 17.6. The van der Waals surface area contributed by atoms with Gasteiger partial charge in [-0.05, 0) is 48.2 Å². The van der Waals surface area contributed by atoms with Crippen LogP contribution >= 0.6 is 0 Å². The summed E-state index contributed by atoms with van der Waals surface area (Å²) in [6.07, 6.45) is 0.942. The normalized spacial score (nSPS) is 19.0. The van der Waals surface area contributed by atoms with Gasteiger partial charge < -0.3 is 14.2 Å². The van der Waals surface area contributed by atoms with Gasteiger partial charge in [-0.1, -0.05) is 30.3 Å². The van der Waals surface area contributed by atoms with Crippen LogP contribution in [0, 0.1) is 17.2 Å². The van der Waals surface area contributed by atoms with Gasteiger partial charge >= 0.3 is 0 Å². The van der Waals surface area contributed by atoms with E-state index in [1.54, 1.807) is 12.1 Å². The maximum absolute atomic E-state index is 12.9. The summed E-state index contributed by atoms with van der Waals surface area (Å²) in [4.78, 5) is 27.5. The first-order valence-electron chi connectivity index (χ1n) is 10.8. The van der Waals surface area contributed by atoms with Crippen LogP contribution in [0.25, 0.3) is 11.1 Å². The molecule has 3 aromatic rings. The van der Waals surface area contributed by atoms with Crippen molar-refractivity contribution in [3.05, 3.63) is 88.3 Å². The Morgan fingerprint density at radius 1 is 1.03 bits per heavy atom. The summed E-state index contributed by atoms with van der Waals surface area (Å²) in [6.45, 7) is 1.79. The number of benzene rings is 2. The molecule has 1 saturated heterocycles. The smallest absolute Gasteiger partial charge is 0.260 e. The number of nitriles is 1. The first-order chi connectivity index (χ1) is 15.6. The van der Waals surface area contributed by atoms with E-state index in [1.807, 2.05) is 64.1 Å². The lowest BCUT2D eigenvalue weighted by molar-refractivity contribution is -0.136. The lowest BCUT2D eigenvalue weighted by Gasteiger charge is -2.43.